The predicted molar refractivity (Wildman–Crippen MR) is 117 cm³/mol. The monoisotopic (exact) mass is 415 g/mol. The molecule has 3 aromatic rings. The Morgan fingerprint density at radius 1 is 1.00 bits per heavy atom. The minimum atomic E-state index is -3.21. The SMILES string of the molecule is CCCS(=O)(=O)NCC(C)Oc1ccc(-c2cccc(-c3cccs3)c2)cc1. The van der Waals surface area contributed by atoms with Crippen molar-refractivity contribution in [3.63, 3.8) is 0 Å². The van der Waals surface area contributed by atoms with Crippen molar-refractivity contribution in [1.29, 1.82) is 0 Å². The van der Waals surface area contributed by atoms with E-state index >= 15 is 0 Å². The average molecular weight is 416 g/mol. The molecule has 0 amide bonds. The molecule has 4 nitrogen and oxygen atoms in total. The van der Waals surface area contributed by atoms with Crippen molar-refractivity contribution in [1.82, 2.24) is 4.72 Å². The molecular formula is C22H25NO3S2. The molecular weight excluding hydrogens is 390 g/mol. The molecule has 1 heterocycles. The van der Waals surface area contributed by atoms with Crippen molar-refractivity contribution in [3.05, 3.63) is 66.0 Å². The summed E-state index contributed by atoms with van der Waals surface area (Å²) in [5, 5.41) is 2.08. The lowest BCUT2D eigenvalue weighted by molar-refractivity contribution is 0.225. The van der Waals surface area contributed by atoms with Gasteiger partial charge in [0.1, 0.15) is 11.9 Å². The predicted octanol–water partition coefficient (Wildman–Crippen LogP) is 5.18. The van der Waals surface area contributed by atoms with E-state index < -0.39 is 10.0 Å². The highest BCUT2D eigenvalue weighted by molar-refractivity contribution is 7.89. The molecule has 0 spiro atoms. The molecule has 0 fully saturated rings. The van der Waals surface area contributed by atoms with Crippen LogP contribution in [0.5, 0.6) is 5.75 Å². The zero-order chi connectivity index (χ0) is 20.0. The Bertz CT molecular complexity index is 981. The van der Waals surface area contributed by atoms with E-state index in [-0.39, 0.29) is 18.4 Å². The highest BCUT2D eigenvalue weighted by Crippen LogP contribution is 2.30. The van der Waals surface area contributed by atoms with Gasteiger partial charge in [0.05, 0.1) is 5.75 Å². The van der Waals surface area contributed by atoms with E-state index in [0.717, 1.165) is 16.9 Å². The van der Waals surface area contributed by atoms with Gasteiger partial charge in [-0.15, -0.1) is 11.3 Å². The number of hydrogen-bond donors (Lipinski definition) is 1. The van der Waals surface area contributed by atoms with Gasteiger partial charge in [-0.3, -0.25) is 0 Å². The minimum Gasteiger partial charge on any atom is -0.489 e. The molecule has 6 heteroatoms. The summed E-state index contributed by atoms with van der Waals surface area (Å²) in [4.78, 5) is 1.25. The van der Waals surface area contributed by atoms with Crippen LogP contribution in [0.15, 0.2) is 66.0 Å². The van der Waals surface area contributed by atoms with E-state index in [4.69, 9.17) is 4.74 Å². The number of ether oxygens (including phenoxy) is 1. The molecule has 1 N–H and O–H groups in total. The van der Waals surface area contributed by atoms with Crippen LogP contribution in [-0.2, 0) is 10.0 Å². The van der Waals surface area contributed by atoms with Gasteiger partial charge in [0, 0.05) is 11.4 Å². The number of rotatable bonds is 9. The summed E-state index contributed by atoms with van der Waals surface area (Å²) < 4.78 is 31.9. The maximum atomic E-state index is 11.7. The van der Waals surface area contributed by atoms with Gasteiger partial charge in [-0.05, 0) is 59.7 Å². The van der Waals surface area contributed by atoms with Crippen LogP contribution < -0.4 is 9.46 Å². The highest BCUT2D eigenvalue weighted by Gasteiger charge is 2.12. The average Bonchev–Trinajstić information content (AvgIpc) is 3.22. The van der Waals surface area contributed by atoms with Crippen LogP contribution in [0.2, 0.25) is 0 Å². The molecule has 0 saturated carbocycles. The Hall–Kier alpha value is -2.15. The third-order valence-corrected chi connectivity index (χ3v) is 6.73. The number of benzene rings is 2. The summed E-state index contributed by atoms with van der Waals surface area (Å²) >= 11 is 1.73. The van der Waals surface area contributed by atoms with E-state index in [1.54, 1.807) is 11.3 Å². The van der Waals surface area contributed by atoms with Crippen LogP contribution in [0.1, 0.15) is 20.3 Å². The lowest BCUT2D eigenvalue weighted by Crippen LogP contribution is -2.34. The summed E-state index contributed by atoms with van der Waals surface area (Å²) in [5.74, 6) is 0.860. The lowest BCUT2D eigenvalue weighted by Gasteiger charge is -2.16. The fraction of sp³-hybridized carbons (Fsp3) is 0.273. The largest absolute Gasteiger partial charge is 0.489 e. The van der Waals surface area contributed by atoms with Crippen LogP contribution in [0.4, 0.5) is 0 Å². The van der Waals surface area contributed by atoms with Gasteiger partial charge in [0.25, 0.3) is 0 Å². The van der Waals surface area contributed by atoms with Crippen molar-refractivity contribution in [2.45, 2.75) is 26.4 Å². The molecule has 0 aliphatic rings. The summed E-state index contributed by atoms with van der Waals surface area (Å²) in [6, 6.07) is 20.5. The van der Waals surface area contributed by atoms with Crippen molar-refractivity contribution in [2.75, 3.05) is 12.3 Å². The number of thiophene rings is 1. The standard InChI is InChI=1S/C22H25NO3S2/c1-3-14-28(24,25)23-16-17(2)26-21-11-9-18(10-12-21)19-6-4-7-20(15-19)22-8-5-13-27-22/h4-13,15,17,23H,3,14,16H2,1-2H3. The molecule has 0 bridgehead atoms. The minimum absolute atomic E-state index is 0.138. The van der Waals surface area contributed by atoms with E-state index in [1.807, 2.05) is 38.1 Å². The van der Waals surface area contributed by atoms with Crippen LogP contribution in [0, 0.1) is 0 Å². The molecule has 1 atom stereocenters. The van der Waals surface area contributed by atoms with Crippen molar-refractivity contribution in [3.8, 4) is 27.3 Å². The zero-order valence-corrected chi connectivity index (χ0v) is 17.7. The fourth-order valence-electron chi connectivity index (χ4n) is 2.88. The zero-order valence-electron chi connectivity index (χ0n) is 16.1. The maximum Gasteiger partial charge on any atom is 0.211 e. The van der Waals surface area contributed by atoms with Gasteiger partial charge in [-0.25, -0.2) is 13.1 Å². The van der Waals surface area contributed by atoms with Crippen molar-refractivity contribution in [2.24, 2.45) is 0 Å². The van der Waals surface area contributed by atoms with E-state index in [9.17, 15) is 8.42 Å². The van der Waals surface area contributed by atoms with Crippen LogP contribution in [0.3, 0.4) is 0 Å². The van der Waals surface area contributed by atoms with Crippen LogP contribution in [-0.4, -0.2) is 26.8 Å². The summed E-state index contributed by atoms with van der Waals surface area (Å²) in [6.45, 7) is 3.96. The molecule has 0 aliphatic carbocycles. The van der Waals surface area contributed by atoms with Crippen molar-refractivity contribution >= 4 is 21.4 Å². The topological polar surface area (TPSA) is 55.4 Å². The maximum absolute atomic E-state index is 11.7. The normalized spacial score (nSPS) is 12.6. The first-order chi connectivity index (χ1) is 13.5. The first kappa shape index (κ1) is 20.6. The molecule has 0 saturated heterocycles. The number of hydrogen-bond acceptors (Lipinski definition) is 4. The van der Waals surface area contributed by atoms with E-state index in [2.05, 4.69) is 46.5 Å². The quantitative estimate of drug-likeness (QED) is 0.524. The number of sulfonamides is 1. The van der Waals surface area contributed by atoms with Gasteiger partial charge >= 0.3 is 0 Å². The highest BCUT2D eigenvalue weighted by atomic mass is 32.2. The second-order valence-corrected chi connectivity index (χ2v) is 9.55. The lowest BCUT2D eigenvalue weighted by atomic mass is 10.0. The Kier molecular flexibility index (Phi) is 6.88. The summed E-state index contributed by atoms with van der Waals surface area (Å²) in [5.41, 5.74) is 3.47. The second kappa shape index (κ2) is 9.37. The molecule has 0 radical (unpaired) electrons. The molecule has 3 rings (SSSR count). The second-order valence-electron chi connectivity index (χ2n) is 6.68. The van der Waals surface area contributed by atoms with E-state index in [0.29, 0.717) is 6.42 Å². The van der Waals surface area contributed by atoms with Gasteiger partial charge in [-0.1, -0.05) is 43.3 Å². The first-order valence-corrected chi connectivity index (χ1v) is 11.9. The van der Waals surface area contributed by atoms with Gasteiger partial charge in [0.2, 0.25) is 10.0 Å². The molecule has 1 unspecified atom stereocenters. The Labute approximate surface area is 171 Å². The molecule has 2 aromatic carbocycles. The van der Waals surface area contributed by atoms with Gasteiger partial charge in [0.15, 0.2) is 0 Å². The third-order valence-electron chi connectivity index (χ3n) is 4.26. The molecule has 0 aliphatic heterocycles. The Morgan fingerprint density at radius 2 is 1.75 bits per heavy atom. The van der Waals surface area contributed by atoms with Gasteiger partial charge < -0.3 is 4.74 Å². The van der Waals surface area contributed by atoms with E-state index in [1.165, 1.54) is 10.4 Å². The third kappa shape index (κ3) is 5.67. The first-order valence-electron chi connectivity index (χ1n) is 9.35. The fourth-order valence-corrected chi connectivity index (χ4v) is 4.77. The number of nitrogens with one attached hydrogen (secondary N) is 1. The smallest absolute Gasteiger partial charge is 0.211 e. The Morgan fingerprint density at radius 3 is 2.43 bits per heavy atom. The van der Waals surface area contributed by atoms with Crippen LogP contribution >= 0.6 is 11.3 Å². The Balaban J connectivity index is 1.63. The van der Waals surface area contributed by atoms with Crippen LogP contribution in [0.25, 0.3) is 21.6 Å². The summed E-state index contributed by atoms with van der Waals surface area (Å²) in [6.07, 6.45) is 0.347. The molecule has 1 aromatic heterocycles. The summed E-state index contributed by atoms with van der Waals surface area (Å²) in [7, 11) is -3.21. The molecule has 148 valence electrons. The molecule has 28 heavy (non-hydrogen) atoms. The van der Waals surface area contributed by atoms with Crippen molar-refractivity contribution < 1.29 is 13.2 Å². The van der Waals surface area contributed by atoms with Gasteiger partial charge in [-0.2, -0.15) is 0 Å².